The monoisotopic (exact) mass is 438 g/mol. The molecule has 8 nitrogen and oxygen atoms in total. The molecule has 0 atom stereocenters. The first-order valence-corrected chi connectivity index (χ1v) is 11.2. The molecule has 0 fully saturated rings. The molecule has 0 saturated carbocycles. The maximum atomic E-state index is 12.9. The van der Waals surface area contributed by atoms with Crippen LogP contribution in [0.15, 0.2) is 59.8 Å². The molecule has 3 aromatic rings. The van der Waals surface area contributed by atoms with Crippen molar-refractivity contribution in [3.63, 3.8) is 0 Å². The topological polar surface area (TPSA) is 109 Å². The highest BCUT2D eigenvalue weighted by atomic mass is 32.2. The van der Waals surface area contributed by atoms with Crippen molar-refractivity contribution < 1.29 is 17.9 Å². The summed E-state index contributed by atoms with van der Waals surface area (Å²) in [7, 11) is -0.619. The second kappa shape index (κ2) is 8.37. The maximum absolute atomic E-state index is 12.9. The third-order valence-electron chi connectivity index (χ3n) is 5.11. The summed E-state index contributed by atoms with van der Waals surface area (Å²) in [5.74, 6) is 0.496. The lowest BCUT2D eigenvalue weighted by Gasteiger charge is -2.13. The van der Waals surface area contributed by atoms with Crippen molar-refractivity contribution in [2.75, 3.05) is 31.3 Å². The van der Waals surface area contributed by atoms with Crippen LogP contribution in [0.5, 0.6) is 5.75 Å². The molecule has 2 heterocycles. The minimum absolute atomic E-state index is 0.0523. The number of fused-ring (bicyclic) bond motifs is 1. The fourth-order valence-corrected chi connectivity index (χ4v) is 4.17. The summed E-state index contributed by atoms with van der Waals surface area (Å²) in [5, 5.41) is 5.73. The van der Waals surface area contributed by atoms with Crippen molar-refractivity contribution in [3.8, 4) is 16.9 Å². The Kier molecular flexibility index (Phi) is 5.62. The van der Waals surface area contributed by atoms with Gasteiger partial charge in [0.05, 0.1) is 28.4 Å². The lowest BCUT2D eigenvalue weighted by Crippen LogP contribution is -2.19. The molecule has 0 saturated heterocycles. The normalized spacial score (nSPS) is 12.7. The molecule has 0 aliphatic carbocycles. The number of ether oxygens (including phenoxy) is 1. The van der Waals surface area contributed by atoms with Crippen molar-refractivity contribution in [2.45, 2.75) is 11.3 Å². The lowest BCUT2D eigenvalue weighted by atomic mass is 10.0. The zero-order valence-corrected chi connectivity index (χ0v) is 17.9. The van der Waals surface area contributed by atoms with Crippen molar-refractivity contribution >= 4 is 27.3 Å². The van der Waals surface area contributed by atoms with Gasteiger partial charge in [0.2, 0.25) is 10.0 Å². The molecule has 4 rings (SSSR count). The molecule has 0 bridgehead atoms. The van der Waals surface area contributed by atoms with Crippen LogP contribution in [0.3, 0.4) is 0 Å². The van der Waals surface area contributed by atoms with Gasteiger partial charge in [-0.2, -0.15) is 0 Å². The first kappa shape index (κ1) is 20.8. The van der Waals surface area contributed by atoms with E-state index in [9.17, 15) is 13.2 Å². The average Bonchev–Trinajstić information content (AvgIpc) is 3.27. The van der Waals surface area contributed by atoms with E-state index in [0.29, 0.717) is 23.5 Å². The zero-order chi connectivity index (χ0) is 22.0. The molecule has 1 aromatic heterocycles. The summed E-state index contributed by atoms with van der Waals surface area (Å²) >= 11 is 0. The number of rotatable bonds is 6. The van der Waals surface area contributed by atoms with E-state index < -0.39 is 15.9 Å². The van der Waals surface area contributed by atoms with Crippen molar-refractivity contribution in [1.29, 1.82) is 0 Å². The van der Waals surface area contributed by atoms with Crippen LogP contribution in [-0.4, -0.2) is 40.0 Å². The number of anilines is 2. The lowest BCUT2D eigenvalue weighted by molar-refractivity contribution is 0.102. The molecule has 0 spiro atoms. The quantitative estimate of drug-likeness (QED) is 0.546. The van der Waals surface area contributed by atoms with Gasteiger partial charge in [-0.3, -0.25) is 9.78 Å². The number of carbonyl (C=O) groups is 1. The van der Waals surface area contributed by atoms with E-state index in [1.54, 1.807) is 25.4 Å². The van der Waals surface area contributed by atoms with Crippen LogP contribution in [-0.2, 0) is 16.4 Å². The number of carbonyl (C=O) groups excluding carboxylic acids is 1. The van der Waals surface area contributed by atoms with Crippen LogP contribution in [0.25, 0.3) is 11.1 Å². The molecule has 160 valence electrons. The first-order valence-electron chi connectivity index (χ1n) is 9.69. The fraction of sp³-hybridized carbons (Fsp3) is 0.182. The van der Waals surface area contributed by atoms with Crippen LogP contribution in [0, 0.1) is 0 Å². The summed E-state index contributed by atoms with van der Waals surface area (Å²) in [5.41, 5.74) is 4.19. The van der Waals surface area contributed by atoms with Crippen molar-refractivity contribution in [3.05, 3.63) is 66.0 Å². The summed E-state index contributed by atoms with van der Waals surface area (Å²) < 4.78 is 32.1. The van der Waals surface area contributed by atoms with Gasteiger partial charge >= 0.3 is 0 Å². The largest absolute Gasteiger partial charge is 0.493 e. The Morgan fingerprint density at radius 2 is 1.84 bits per heavy atom. The van der Waals surface area contributed by atoms with Crippen LogP contribution in [0.4, 0.5) is 11.4 Å². The highest BCUT2D eigenvalue weighted by Gasteiger charge is 2.17. The highest BCUT2D eigenvalue weighted by molar-refractivity contribution is 7.89. The fourth-order valence-electron chi connectivity index (χ4n) is 3.41. The Hall–Kier alpha value is -3.43. The molecule has 9 heteroatoms. The van der Waals surface area contributed by atoms with Crippen molar-refractivity contribution in [1.82, 2.24) is 9.71 Å². The molecular formula is C22H22N4O4S. The van der Waals surface area contributed by atoms with E-state index in [1.165, 1.54) is 25.4 Å². The summed E-state index contributed by atoms with van der Waals surface area (Å²) in [4.78, 5) is 17.2. The van der Waals surface area contributed by atoms with Crippen LogP contribution >= 0.6 is 0 Å². The summed E-state index contributed by atoms with van der Waals surface area (Å²) in [6, 6.07) is 12.1. The SMILES string of the molecule is CNc1ccc(S(=O)(=O)NC)cc1NC(=O)c1cncc(-c2ccc3c(c2)CCO3)c1. The number of nitrogens with zero attached hydrogens (tertiary/aromatic N) is 1. The van der Waals surface area contributed by atoms with Gasteiger partial charge in [-0.1, -0.05) is 6.07 Å². The standard InChI is InChI=1S/C22H22N4O4S/c1-23-19-5-4-18(31(28,29)24-2)11-20(19)26-22(27)17-10-16(12-25-13-17)14-3-6-21-15(9-14)7-8-30-21/h3-6,9-13,23-24H,7-8H2,1-2H3,(H,26,27). The molecule has 1 aliphatic heterocycles. The third kappa shape index (κ3) is 4.23. The number of amides is 1. The molecule has 31 heavy (non-hydrogen) atoms. The van der Waals surface area contributed by atoms with Crippen molar-refractivity contribution in [2.24, 2.45) is 0 Å². The number of nitrogens with one attached hydrogen (secondary N) is 3. The average molecular weight is 439 g/mol. The number of aromatic nitrogens is 1. The van der Waals surface area contributed by atoms with Gasteiger partial charge in [0.25, 0.3) is 5.91 Å². The third-order valence-corrected chi connectivity index (χ3v) is 6.52. The van der Waals surface area contributed by atoms with Gasteiger partial charge < -0.3 is 15.4 Å². The number of hydrogen-bond donors (Lipinski definition) is 3. The second-order valence-electron chi connectivity index (χ2n) is 7.00. The maximum Gasteiger partial charge on any atom is 0.257 e. The van der Waals surface area contributed by atoms with E-state index in [4.69, 9.17) is 4.74 Å². The number of benzene rings is 2. The number of hydrogen-bond acceptors (Lipinski definition) is 6. The molecule has 2 aromatic carbocycles. The Morgan fingerprint density at radius 1 is 1.00 bits per heavy atom. The van der Waals surface area contributed by atoms with Gasteiger partial charge in [-0.15, -0.1) is 0 Å². The van der Waals surface area contributed by atoms with E-state index in [0.717, 1.165) is 28.9 Å². The Morgan fingerprint density at radius 3 is 2.61 bits per heavy atom. The van der Waals surface area contributed by atoms with Gasteiger partial charge in [-0.05, 0) is 54.6 Å². The van der Waals surface area contributed by atoms with Gasteiger partial charge in [0.15, 0.2) is 0 Å². The van der Waals surface area contributed by atoms with E-state index in [-0.39, 0.29) is 4.90 Å². The molecule has 1 amide bonds. The molecular weight excluding hydrogens is 416 g/mol. The Bertz CT molecular complexity index is 1260. The van der Waals surface area contributed by atoms with Gasteiger partial charge in [0, 0.05) is 31.4 Å². The first-order chi connectivity index (χ1) is 14.9. The predicted molar refractivity (Wildman–Crippen MR) is 119 cm³/mol. The minimum Gasteiger partial charge on any atom is -0.493 e. The minimum atomic E-state index is -3.65. The number of sulfonamides is 1. The smallest absolute Gasteiger partial charge is 0.257 e. The van der Waals surface area contributed by atoms with E-state index in [2.05, 4.69) is 20.3 Å². The molecule has 0 radical (unpaired) electrons. The van der Waals surface area contributed by atoms with Gasteiger partial charge in [-0.25, -0.2) is 13.1 Å². The zero-order valence-electron chi connectivity index (χ0n) is 17.1. The van der Waals surface area contributed by atoms with Crippen LogP contribution in [0.2, 0.25) is 0 Å². The van der Waals surface area contributed by atoms with E-state index in [1.807, 2.05) is 18.2 Å². The highest BCUT2D eigenvalue weighted by Crippen LogP contribution is 2.31. The van der Waals surface area contributed by atoms with E-state index >= 15 is 0 Å². The van der Waals surface area contributed by atoms with Crippen LogP contribution < -0.4 is 20.1 Å². The predicted octanol–water partition coefficient (Wildman–Crippen LogP) is 2.89. The summed E-state index contributed by atoms with van der Waals surface area (Å²) in [6.07, 6.45) is 4.03. The Labute approximate surface area is 180 Å². The molecule has 3 N–H and O–H groups in total. The number of pyridine rings is 1. The molecule has 0 unspecified atom stereocenters. The second-order valence-corrected chi connectivity index (χ2v) is 8.89. The summed E-state index contributed by atoms with van der Waals surface area (Å²) in [6.45, 7) is 0.676. The van der Waals surface area contributed by atoms with Crippen LogP contribution in [0.1, 0.15) is 15.9 Å². The Balaban J connectivity index is 1.62. The van der Waals surface area contributed by atoms with Gasteiger partial charge in [0.1, 0.15) is 5.75 Å². The molecule has 1 aliphatic rings.